The van der Waals surface area contributed by atoms with Crippen LogP contribution in [0, 0.1) is 11.7 Å². The highest BCUT2D eigenvalue weighted by molar-refractivity contribution is 7.89. The fourth-order valence-corrected chi connectivity index (χ4v) is 4.29. The maximum atomic E-state index is 13.0. The van der Waals surface area contributed by atoms with Crippen molar-refractivity contribution in [1.82, 2.24) is 14.1 Å². The average Bonchev–Trinajstić information content (AvgIpc) is 3.00. The van der Waals surface area contributed by atoms with E-state index in [1.165, 1.54) is 16.4 Å². The van der Waals surface area contributed by atoms with E-state index in [-0.39, 0.29) is 29.8 Å². The molecule has 3 rings (SSSR count). The Morgan fingerprint density at radius 1 is 1.20 bits per heavy atom. The molecule has 1 aliphatic rings. The zero-order valence-electron chi connectivity index (χ0n) is 13.7. The van der Waals surface area contributed by atoms with E-state index in [0.717, 1.165) is 12.1 Å². The number of carbonyl (C=O) groups is 1. The lowest BCUT2D eigenvalue weighted by Gasteiger charge is -2.30. The fraction of sp³-hybridized carbons (Fsp3) is 0.375. The smallest absolute Gasteiger partial charge is 0.243 e. The molecule has 0 atom stereocenters. The van der Waals surface area contributed by atoms with Crippen LogP contribution < -0.4 is 5.32 Å². The standard InChI is InChI=1S/C16H19FN4O3S/c1-20-9-8-15(19-20)18-16(22)12-6-10-21(11-7-12)25(23,24)14-4-2-13(17)3-5-14/h2-5,8-9,12H,6-7,10-11H2,1H3,(H,18,19,22). The number of aromatic nitrogens is 2. The van der Waals surface area contributed by atoms with Gasteiger partial charge in [0.1, 0.15) is 5.82 Å². The molecular formula is C16H19FN4O3S. The second-order valence-corrected chi connectivity index (χ2v) is 7.93. The van der Waals surface area contributed by atoms with Crippen molar-refractivity contribution in [3.8, 4) is 0 Å². The van der Waals surface area contributed by atoms with E-state index < -0.39 is 15.8 Å². The first-order valence-corrected chi connectivity index (χ1v) is 9.36. The van der Waals surface area contributed by atoms with Gasteiger partial charge in [-0.1, -0.05) is 0 Å². The van der Waals surface area contributed by atoms with Gasteiger partial charge in [-0.05, 0) is 37.1 Å². The van der Waals surface area contributed by atoms with Gasteiger partial charge in [-0.25, -0.2) is 12.8 Å². The normalized spacial score (nSPS) is 16.7. The molecule has 1 amide bonds. The SMILES string of the molecule is Cn1ccc(NC(=O)C2CCN(S(=O)(=O)c3ccc(F)cc3)CC2)n1. The van der Waals surface area contributed by atoms with Crippen molar-refractivity contribution < 1.29 is 17.6 Å². The number of nitrogens with one attached hydrogen (secondary N) is 1. The van der Waals surface area contributed by atoms with Gasteiger partial charge in [0.25, 0.3) is 0 Å². The predicted molar refractivity (Wildman–Crippen MR) is 89.7 cm³/mol. The Balaban J connectivity index is 1.61. The molecule has 0 radical (unpaired) electrons. The van der Waals surface area contributed by atoms with Crippen LogP contribution >= 0.6 is 0 Å². The van der Waals surface area contributed by atoms with E-state index in [2.05, 4.69) is 10.4 Å². The average molecular weight is 366 g/mol. The number of halogens is 1. The Labute approximate surface area is 145 Å². The number of hydrogen-bond acceptors (Lipinski definition) is 4. The van der Waals surface area contributed by atoms with Crippen LogP contribution in [0.15, 0.2) is 41.4 Å². The van der Waals surface area contributed by atoms with E-state index in [1.54, 1.807) is 24.0 Å². The summed E-state index contributed by atoms with van der Waals surface area (Å²) in [6.45, 7) is 0.500. The van der Waals surface area contributed by atoms with Crippen molar-refractivity contribution in [3.63, 3.8) is 0 Å². The maximum absolute atomic E-state index is 13.0. The summed E-state index contributed by atoms with van der Waals surface area (Å²) in [5.41, 5.74) is 0. The van der Waals surface area contributed by atoms with E-state index in [0.29, 0.717) is 18.7 Å². The van der Waals surface area contributed by atoms with Crippen molar-refractivity contribution in [3.05, 3.63) is 42.3 Å². The van der Waals surface area contributed by atoms with E-state index in [9.17, 15) is 17.6 Å². The van der Waals surface area contributed by atoms with Crippen LogP contribution in [0.2, 0.25) is 0 Å². The highest BCUT2D eigenvalue weighted by Crippen LogP contribution is 2.24. The van der Waals surface area contributed by atoms with Gasteiger partial charge in [0.05, 0.1) is 4.90 Å². The molecule has 2 aromatic rings. The number of anilines is 1. The van der Waals surface area contributed by atoms with Gasteiger partial charge in [-0.15, -0.1) is 0 Å². The summed E-state index contributed by atoms with van der Waals surface area (Å²) < 4.78 is 41.0. The minimum atomic E-state index is -3.66. The largest absolute Gasteiger partial charge is 0.309 e. The van der Waals surface area contributed by atoms with Gasteiger partial charge >= 0.3 is 0 Å². The molecule has 0 spiro atoms. The molecule has 1 N–H and O–H groups in total. The van der Waals surface area contributed by atoms with Gasteiger partial charge in [-0.2, -0.15) is 9.40 Å². The Morgan fingerprint density at radius 3 is 2.40 bits per heavy atom. The van der Waals surface area contributed by atoms with Crippen LogP contribution in [0.25, 0.3) is 0 Å². The highest BCUT2D eigenvalue weighted by Gasteiger charge is 2.32. The number of sulfonamides is 1. The van der Waals surface area contributed by atoms with Crippen LogP contribution in [0.3, 0.4) is 0 Å². The summed E-state index contributed by atoms with van der Waals surface area (Å²) in [4.78, 5) is 12.3. The molecule has 0 bridgehead atoms. The van der Waals surface area contributed by atoms with E-state index in [4.69, 9.17) is 0 Å². The van der Waals surface area contributed by atoms with Crippen molar-refractivity contribution in [2.75, 3.05) is 18.4 Å². The van der Waals surface area contributed by atoms with Gasteiger partial charge in [-0.3, -0.25) is 9.48 Å². The van der Waals surface area contributed by atoms with Crippen LogP contribution in [0.5, 0.6) is 0 Å². The van der Waals surface area contributed by atoms with Gasteiger partial charge < -0.3 is 5.32 Å². The zero-order chi connectivity index (χ0) is 18.0. The van der Waals surface area contributed by atoms with Crippen LogP contribution in [-0.2, 0) is 21.9 Å². The van der Waals surface area contributed by atoms with E-state index in [1.807, 2.05) is 0 Å². The number of piperidine rings is 1. The molecule has 1 aliphatic heterocycles. The second kappa shape index (κ2) is 6.93. The van der Waals surface area contributed by atoms with Gasteiger partial charge in [0, 0.05) is 38.3 Å². The van der Waals surface area contributed by atoms with Crippen molar-refractivity contribution in [1.29, 1.82) is 0 Å². The number of hydrogen-bond donors (Lipinski definition) is 1. The molecule has 9 heteroatoms. The topological polar surface area (TPSA) is 84.3 Å². The number of aryl methyl sites for hydroxylation is 1. The molecule has 1 aromatic heterocycles. The summed E-state index contributed by atoms with van der Waals surface area (Å²) in [6, 6.07) is 6.46. The monoisotopic (exact) mass is 366 g/mol. The molecule has 0 saturated carbocycles. The lowest BCUT2D eigenvalue weighted by atomic mass is 9.97. The second-order valence-electron chi connectivity index (χ2n) is 6.00. The van der Waals surface area contributed by atoms with Crippen LogP contribution in [0.1, 0.15) is 12.8 Å². The number of carbonyl (C=O) groups excluding carboxylic acids is 1. The summed E-state index contributed by atoms with van der Waals surface area (Å²) >= 11 is 0. The Kier molecular flexibility index (Phi) is 4.87. The first-order chi connectivity index (χ1) is 11.9. The molecule has 1 fully saturated rings. The Hall–Kier alpha value is -2.26. The van der Waals surface area contributed by atoms with Crippen molar-refractivity contribution in [2.24, 2.45) is 13.0 Å². The van der Waals surface area contributed by atoms with E-state index >= 15 is 0 Å². The third kappa shape index (κ3) is 3.88. The summed E-state index contributed by atoms with van der Waals surface area (Å²) in [5.74, 6) is -0.420. The highest BCUT2D eigenvalue weighted by atomic mass is 32.2. The number of rotatable bonds is 4. The molecular weight excluding hydrogens is 347 g/mol. The third-order valence-corrected chi connectivity index (χ3v) is 6.15. The minimum absolute atomic E-state index is 0.0605. The number of nitrogens with zero attached hydrogens (tertiary/aromatic N) is 3. The van der Waals surface area contributed by atoms with Crippen LogP contribution in [0.4, 0.5) is 10.2 Å². The molecule has 25 heavy (non-hydrogen) atoms. The summed E-state index contributed by atoms with van der Waals surface area (Å²) in [7, 11) is -1.91. The minimum Gasteiger partial charge on any atom is -0.309 e. The maximum Gasteiger partial charge on any atom is 0.243 e. The van der Waals surface area contributed by atoms with Crippen LogP contribution in [-0.4, -0.2) is 41.5 Å². The summed E-state index contributed by atoms with van der Waals surface area (Å²) in [6.07, 6.45) is 2.59. The fourth-order valence-electron chi connectivity index (χ4n) is 2.82. The lowest BCUT2D eigenvalue weighted by molar-refractivity contribution is -0.120. The first-order valence-electron chi connectivity index (χ1n) is 7.92. The quantitative estimate of drug-likeness (QED) is 0.891. The molecule has 134 valence electrons. The Morgan fingerprint density at radius 2 is 1.84 bits per heavy atom. The molecule has 1 saturated heterocycles. The zero-order valence-corrected chi connectivity index (χ0v) is 14.5. The van der Waals surface area contributed by atoms with Gasteiger partial charge in [0.2, 0.25) is 15.9 Å². The van der Waals surface area contributed by atoms with Crippen molar-refractivity contribution in [2.45, 2.75) is 17.7 Å². The number of benzene rings is 1. The molecule has 0 unspecified atom stereocenters. The number of amides is 1. The molecule has 0 aliphatic carbocycles. The first kappa shape index (κ1) is 17.6. The molecule has 1 aromatic carbocycles. The third-order valence-electron chi connectivity index (χ3n) is 4.24. The molecule has 7 nitrogen and oxygen atoms in total. The van der Waals surface area contributed by atoms with Crippen molar-refractivity contribution >= 4 is 21.7 Å². The van der Waals surface area contributed by atoms with Gasteiger partial charge in [0.15, 0.2) is 5.82 Å². The lowest BCUT2D eigenvalue weighted by Crippen LogP contribution is -2.41. The predicted octanol–water partition coefficient (Wildman–Crippen LogP) is 1.60. The Bertz CT molecular complexity index is 856. The molecule has 2 heterocycles. The summed E-state index contributed by atoms with van der Waals surface area (Å²) in [5, 5.41) is 6.84.